The Hall–Kier alpha value is -1.91. The Kier molecular flexibility index (Phi) is 4.88. The molecule has 2 fully saturated rings. The van der Waals surface area contributed by atoms with Crippen molar-refractivity contribution in [2.45, 2.75) is 64.3 Å². The average Bonchev–Trinajstić information content (AvgIpc) is 3.35. The predicted octanol–water partition coefficient (Wildman–Crippen LogP) is 3.69. The Bertz CT molecular complexity index is 634. The van der Waals surface area contributed by atoms with E-state index in [-0.39, 0.29) is 24.1 Å². The van der Waals surface area contributed by atoms with Crippen molar-refractivity contribution in [1.29, 1.82) is 0 Å². The maximum absolute atomic E-state index is 13.5. The van der Waals surface area contributed by atoms with E-state index in [1.807, 2.05) is 6.92 Å². The highest BCUT2D eigenvalue weighted by molar-refractivity contribution is 5.98. The minimum absolute atomic E-state index is 0.0366. The van der Waals surface area contributed by atoms with Gasteiger partial charge in [-0.25, -0.2) is 4.39 Å². The molecule has 0 heterocycles. The predicted molar refractivity (Wildman–Crippen MR) is 91.1 cm³/mol. The quantitative estimate of drug-likeness (QED) is 0.864. The zero-order chi connectivity index (χ0) is 17.2. The van der Waals surface area contributed by atoms with Crippen LogP contribution in [0.4, 0.5) is 10.1 Å². The lowest BCUT2D eigenvalue weighted by atomic mass is 9.70. The topological polar surface area (TPSA) is 58.2 Å². The molecule has 0 bridgehead atoms. The van der Waals surface area contributed by atoms with Gasteiger partial charge >= 0.3 is 0 Å². The summed E-state index contributed by atoms with van der Waals surface area (Å²) in [5.41, 5.74) is 0.640. The molecule has 2 amide bonds. The van der Waals surface area contributed by atoms with Crippen LogP contribution in [0.15, 0.2) is 18.2 Å². The third kappa shape index (κ3) is 3.94. The maximum Gasteiger partial charge on any atom is 0.231 e. The lowest BCUT2D eigenvalue weighted by Crippen LogP contribution is -2.42. The number of benzene rings is 1. The number of carbonyl (C=O) groups excluding carboxylic acids is 2. The van der Waals surface area contributed by atoms with E-state index < -0.39 is 5.41 Å². The molecule has 2 aliphatic rings. The zero-order valence-electron chi connectivity index (χ0n) is 14.2. The molecule has 2 N–H and O–H groups in total. The van der Waals surface area contributed by atoms with Crippen LogP contribution < -0.4 is 10.6 Å². The van der Waals surface area contributed by atoms with Gasteiger partial charge in [-0.3, -0.25) is 9.59 Å². The van der Waals surface area contributed by atoms with E-state index in [4.69, 9.17) is 0 Å². The van der Waals surface area contributed by atoms with Crippen LogP contribution in [0.5, 0.6) is 0 Å². The SMILES string of the molecule is Cc1ccc(F)cc1NC(=O)C1(CC(=O)NC2CC2)CCCCC1. The van der Waals surface area contributed by atoms with Crippen molar-refractivity contribution in [3.8, 4) is 0 Å². The molecule has 0 unspecified atom stereocenters. The second-order valence-corrected chi connectivity index (χ2v) is 7.27. The molecule has 2 aliphatic carbocycles. The number of carbonyl (C=O) groups is 2. The molecule has 3 rings (SSSR count). The van der Waals surface area contributed by atoms with E-state index in [1.54, 1.807) is 6.07 Å². The molecule has 1 aromatic rings. The van der Waals surface area contributed by atoms with Crippen molar-refractivity contribution in [3.63, 3.8) is 0 Å². The molecule has 1 aromatic carbocycles. The highest BCUT2D eigenvalue weighted by Crippen LogP contribution is 2.41. The summed E-state index contributed by atoms with van der Waals surface area (Å²) >= 11 is 0. The number of hydrogen-bond acceptors (Lipinski definition) is 2. The van der Waals surface area contributed by atoms with E-state index in [0.29, 0.717) is 24.6 Å². The van der Waals surface area contributed by atoms with Gasteiger partial charge in [-0.2, -0.15) is 0 Å². The summed E-state index contributed by atoms with van der Waals surface area (Å²) in [5, 5.41) is 5.86. The summed E-state index contributed by atoms with van der Waals surface area (Å²) < 4.78 is 13.5. The van der Waals surface area contributed by atoms with Crippen LogP contribution in [-0.4, -0.2) is 17.9 Å². The van der Waals surface area contributed by atoms with Gasteiger partial charge in [0.05, 0.1) is 5.41 Å². The third-order valence-electron chi connectivity index (χ3n) is 5.18. The lowest BCUT2D eigenvalue weighted by Gasteiger charge is -2.35. The molecular weight excluding hydrogens is 307 g/mol. The smallest absolute Gasteiger partial charge is 0.231 e. The van der Waals surface area contributed by atoms with Crippen molar-refractivity contribution < 1.29 is 14.0 Å². The highest BCUT2D eigenvalue weighted by Gasteiger charge is 2.42. The summed E-state index contributed by atoms with van der Waals surface area (Å²) in [6.07, 6.45) is 6.72. The minimum Gasteiger partial charge on any atom is -0.353 e. The summed E-state index contributed by atoms with van der Waals surface area (Å²) in [7, 11) is 0. The van der Waals surface area contributed by atoms with Crippen LogP contribution in [0.1, 0.15) is 56.9 Å². The summed E-state index contributed by atoms with van der Waals surface area (Å²) in [6.45, 7) is 1.84. The van der Waals surface area contributed by atoms with E-state index in [0.717, 1.165) is 37.7 Å². The number of rotatable bonds is 5. The van der Waals surface area contributed by atoms with Gasteiger partial charge in [-0.05, 0) is 50.3 Å². The van der Waals surface area contributed by atoms with Gasteiger partial charge in [0.1, 0.15) is 5.82 Å². The first-order valence-corrected chi connectivity index (χ1v) is 8.85. The molecule has 0 aliphatic heterocycles. The van der Waals surface area contributed by atoms with Gasteiger partial charge in [0, 0.05) is 18.2 Å². The number of amides is 2. The summed E-state index contributed by atoms with van der Waals surface area (Å²) in [6, 6.07) is 4.67. The van der Waals surface area contributed by atoms with Crippen LogP contribution in [-0.2, 0) is 9.59 Å². The molecule has 0 radical (unpaired) electrons. The average molecular weight is 332 g/mol. The number of anilines is 1. The fraction of sp³-hybridized carbons (Fsp3) is 0.579. The molecular formula is C19H25FN2O2. The minimum atomic E-state index is -0.671. The fourth-order valence-corrected chi connectivity index (χ4v) is 3.51. The standard InChI is InChI=1S/C19H25FN2O2/c1-13-5-6-14(20)11-16(13)22-18(24)19(9-3-2-4-10-19)12-17(23)21-15-7-8-15/h5-6,11,15H,2-4,7-10,12H2,1H3,(H,21,23)(H,22,24). The van der Waals surface area contributed by atoms with Crippen molar-refractivity contribution in [1.82, 2.24) is 5.32 Å². The number of aryl methyl sites for hydroxylation is 1. The lowest BCUT2D eigenvalue weighted by molar-refractivity contribution is -0.134. The van der Waals surface area contributed by atoms with E-state index in [9.17, 15) is 14.0 Å². The monoisotopic (exact) mass is 332 g/mol. The highest BCUT2D eigenvalue weighted by atomic mass is 19.1. The molecule has 0 spiro atoms. The van der Waals surface area contributed by atoms with Crippen LogP contribution in [0, 0.1) is 18.2 Å². The van der Waals surface area contributed by atoms with Crippen molar-refractivity contribution >= 4 is 17.5 Å². The first-order valence-electron chi connectivity index (χ1n) is 8.85. The van der Waals surface area contributed by atoms with Crippen LogP contribution in [0.25, 0.3) is 0 Å². The molecule has 24 heavy (non-hydrogen) atoms. The second-order valence-electron chi connectivity index (χ2n) is 7.27. The Morgan fingerprint density at radius 1 is 1.21 bits per heavy atom. The van der Waals surface area contributed by atoms with Crippen LogP contribution in [0.2, 0.25) is 0 Å². The molecule has 0 aromatic heterocycles. The zero-order valence-corrected chi connectivity index (χ0v) is 14.2. The Labute approximate surface area is 142 Å². The Morgan fingerprint density at radius 3 is 2.58 bits per heavy atom. The van der Waals surface area contributed by atoms with Crippen molar-refractivity contribution in [2.75, 3.05) is 5.32 Å². The molecule has 0 saturated heterocycles. The van der Waals surface area contributed by atoms with Gasteiger partial charge in [0.2, 0.25) is 11.8 Å². The van der Waals surface area contributed by atoms with Crippen molar-refractivity contribution in [3.05, 3.63) is 29.6 Å². The van der Waals surface area contributed by atoms with Gasteiger partial charge in [-0.1, -0.05) is 25.3 Å². The summed E-state index contributed by atoms with van der Waals surface area (Å²) in [5.74, 6) is -0.563. The molecule has 0 atom stereocenters. The number of halogens is 1. The number of nitrogens with one attached hydrogen (secondary N) is 2. The molecule has 130 valence electrons. The largest absolute Gasteiger partial charge is 0.353 e. The Morgan fingerprint density at radius 2 is 1.92 bits per heavy atom. The molecule has 2 saturated carbocycles. The maximum atomic E-state index is 13.5. The van der Waals surface area contributed by atoms with Gasteiger partial charge in [0.25, 0.3) is 0 Å². The number of hydrogen-bond donors (Lipinski definition) is 2. The van der Waals surface area contributed by atoms with Crippen LogP contribution in [0.3, 0.4) is 0 Å². The van der Waals surface area contributed by atoms with E-state index >= 15 is 0 Å². The second kappa shape index (κ2) is 6.91. The molecule has 5 heteroatoms. The fourth-order valence-electron chi connectivity index (χ4n) is 3.51. The van der Waals surface area contributed by atoms with Gasteiger partial charge < -0.3 is 10.6 Å². The van der Waals surface area contributed by atoms with Gasteiger partial charge in [-0.15, -0.1) is 0 Å². The first-order chi connectivity index (χ1) is 11.5. The van der Waals surface area contributed by atoms with Crippen LogP contribution >= 0.6 is 0 Å². The van der Waals surface area contributed by atoms with Crippen molar-refractivity contribution in [2.24, 2.45) is 5.41 Å². The van der Waals surface area contributed by atoms with Gasteiger partial charge in [0.15, 0.2) is 0 Å². The van der Waals surface area contributed by atoms with E-state index in [2.05, 4.69) is 10.6 Å². The first kappa shape index (κ1) is 16.9. The third-order valence-corrected chi connectivity index (χ3v) is 5.18. The summed E-state index contributed by atoms with van der Waals surface area (Å²) in [4.78, 5) is 25.3. The Balaban J connectivity index is 1.75. The normalized spacial score (nSPS) is 19.6. The van der Waals surface area contributed by atoms with E-state index in [1.165, 1.54) is 12.1 Å². The molecule has 4 nitrogen and oxygen atoms in total.